The van der Waals surface area contributed by atoms with E-state index in [4.69, 9.17) is 4.42 Å². The van der Waals surface area contributed by atoms with Crippen molar-refractivity contribution < 1.29 is 24.5 Å². The molecule has 0 aliphatic rings. The molecule has 0 saturated carbocycles. The summed E-state index contributed by atoms with van der Waals surface area (Å²) in [5.74, 6) is 0. The van der Waals surface area contributed by atoms with Crippen molar-refractivity contribution in [1.29, 1.82) is 0 Å². The maximum absolute atomic E-state index is 6.62. The van der Waals surface area contributed by atoms with Crippen molar-refractivity contribution in [2.75, 3.05) is 0 Å². The molecule has 0 unspecified atom stereocenters. The van der Waals surface area contributed by atoms with Crippen molar-refractivity contribution in [2.45, 2.75) is 20.8 Å². The smallest absolute Gasteiger partial charge is 0.455 e. The number of aromatic nitrogens is 2. The van der Waals surface area contributed by atoms with E-state index in [1.807, 2.05) is 54.7 Å². The van der Waals surface area contributed by atoms with Crippen LogP contribution in [0.25, 0.3) is 82.9 Å². The van der Waals surface area contributed by atoms with Gasteiger partial charge in [-0.05, 0) is 47.7 Å². The summed E-state index contributed by atoms with van der Waals surface area (Å²) in [4.78, 5) is 4.69. The third-order valence-corrected chi connectivity index (χ3v) is 10.0. The Hall–Kier alpha value is -6.06. The van der Waals surface area contributed by atoms with Crippen molar-refractivity contribution in [3.63, 3.8) is 0 Å². The minimum absolute atomic E-state index is 0. The second-order valence-electron chi connectivity index (χ2n) is 13.5. The molecule has 0 amide bonds. The Kier molecular flexibility index (Phi) is 9.56. The van der Waals surface area contributed by atoms with Crippen LogP contribution in [0.3, 0.4) is 0 Å². The fourth-order valence-electron chi connectivity index (χ4n) is 7.22. The summed E-state index contributed by atoms with van der Waals surface area (Å²) in [6.07, 6.45) is 1.88. The summed E-state index contributed by atoms with van der Waals surface area (Å²) >= 11 is 0. The molecule has 10 rings (SSSR count). The Labute approximate surface area is 328 Å². The second kappa shape index (κ2) is 14.8. The molecular weight excluding hydrogens is 837 g/mol. The number of rotatable bonds is 4. The van der Waals surface area contributed by atoms with E-state index in [9.17, 15) is 0 Å². The number of aryl methyl sites for hydroxylation is 3. The van der Waals surface area contributed by atoms with E-state index in [0.717, 1.165) is 72.2 Å². The predicted molar refractivity (Wildman–Crippen MR) is 219 cm³/mol. The first kappa shape index (κ1) is 35.0. The van der Waals surface area contributed by atoms with Crippen molar-refractivity contribution in [1.82, 2.24) is 9.55 Å². The monoisotopic (exact) mass is 872 g/mol. The standard InChI is InChI=1S/C35H21N2O.C15H14.Ir/c1-3-11-23(12-4-1)29-21-24(19-20-36-29)33-34-27-16-7-9-17-30(27)37(25-13-5-2-6-14-25)31(34)22-28-26-15-8-10-18-32(26)38-35(28)33;1-11-4-7-14(8-5-11)15-9-6-12(2)13(3)10-15;/h1-11,13-22H;4-7,10H,1-3H3;/q-1;-2;+3. The molecule has 0 saturated heterocycles. The van der Waals surface area contributed by atoms with E-state index in [-0.39, 0.29) is 20.1 Å². The molecule has 0 aliphatic heterocycles. The van der Waals surface area contributed by atoms with Crippen LogP contribution in [0.4, 0.5) is 0 Å². The van der Waals surface area contributed by atoms with Crippen LogP contribution in [0.5, 0.6) is 0 Å². The zero-order valence-corrected chi connectivity index (χ0v) is 32.5. The summed E-state index contributed by atoms with van der Waals surface area (Å²) in [7, 11) is 0. The molecule has 0 atom stereocenters. The summed E-state index contributed by atoms with van der Waals surface area (Å²) < 4.78 is 8.98. The largest absolute Gasteiger partial charge is 3.00 e. The SMILES string of the molecule is Cc1c[c-]c(-c2[c-]cc(C)c(C)c2)cc1.[Ir+3].[c-]1ccccc1-c1cc(-c2c3oc4ccccc4c3cc3c2c2ccccc2n3-c2ccccc2)ccn1. The van der Waals surface area contributed by atoms with Gasteiger partial charge in [-0.2, -0.15) is 42.5 Å². The zero-order valence-electron chi connectivity index (χ0n) is 30.1. The first-order valence-electron chi connectivity index (χ1n) is 17.9. The molecule has 0 radical (unpaired) electrons. The van der Waals surface area contributed by atoms with Crippen molar-refractivity contribution in [2.24, 2.45) is 0 Å². The van der Waals surface area contributed by atoms with Crippen LogP contribution in [0.1, 0.15) is 16.7 Å². The van der Waals surface area contributed by atoms with E-state index >= 15 is 0 Å². The number of para-hydroxylation sites is 3. The van der Waals surface area contributed by atoms with Crippen LogP contribution in [0.2, 0.25) is 0 Å². The maximum atomic E-state index is 6.62. The second-order valence-corrected chi connectivity index (χ2v) is 13.5. The van der Waals surface area contributed by atoms with Crippen LogP contribution in [0, 0.1) is 39.0 Å². The van der Waals surface area contributed by atoms with E-state index in [2.05, 4.69) is 152 Å². The fourth-order valence-corrected chi connectivity index (χ4v) is 7.22. The molecule has 7 aromatic carbocycles. The Morgan fingerprint density at radius 3 is 2.11 bits per heavy atom. The normalized spacial score (nSPS) is 11.1. The molecule has 3 heterocycles. The van der Waals surface area contributed by atoms with Gasteiger partial charge in [0.1, 0.15) is 11.2 Å². The molecule has 54 heavy (non-hydrogen) atoms. The molecule has 10 aromatic rings. The topological polar surface area (TPSA) is 31.0 Å². The van der Waals surface area contributed by atoms with Gasteiger partial charge in [0, 0.05) is 39.0 Å². The molecule has 0 N–H and O–H groups in total. The van der Waals surface area contributed by atoms with Gasteiger partial charge in [0.25, 0.3) is 0 Å². The zero-order chi connectivity index (χ0) is 35.9. The Morgan fingerprint density at radius 2 is 1.33 bits per heavy atom. The van der Waals surface area contributed by atoms with Crippen molar-refractivity contribution >= 4 is 43.7 Å². The van der Waals surface area contributed by atoms with Gasteiger partial charge in [0.2, 0.25) is 0 Å². The average molecular weight is 872 g/mol. The summed E-state index contributed by atoms with van der Waals surface area (Å²) in [5.41, 5.74) is 15.3. The predicted octanol–water partition coefficient (Wildman–Crippen LogP) is 13.1. The Morgan fingerprint density at radius 1 is 0.574 bits per heavy atom. The number of fused-ring (bicyclic) bond motifs is 6. The Bertz CT molecular complexity index is 2910. The first-order chi connectivity index (χ1) is 26.0. The van der Waals surface area contributed by atoms with E-state index in [1.165, 1.54) is 27.5 Å². The number of hydrogen-bond donors (Lipinski definition) is 0. The Balaban J connectivity index is 0.000000218. The van der Waals surface area contributed by atoms with E-state index < -0.39 is 0 Å². The molecule has 3 nitrogen and oxygen atoms in total. The summed E-state index contributed by atoms with van der Waals surface area (Å²) in [5, 5.41) is 4.58. The van der Waals surface area contributed by atoms with Gasteiger partial charge in [-0.15, -0.1) is 52.6 Å². The van der Waals surface area contributed by atoms with Gasteiger partial charge < -0.3 is 14.0 Å². The van der Waals surface area contributed by atoms with Gasteiger partial charge >= 0.3 is 20.1 Å². The van der Waals surface area contributed by atoms with E-state index in [1.54, 1.807) is 0 Å². The molecular formula is C50H35IrN2O. The third-order valence-electron chi connectivity index (χ3n) is 10.0. The summed E-state index contributed by atoms with van der Waals surface area (Å²) in [6, 6.07) is 62.3. The van der Waals surface area contributed by atoms with Crippen molar-refractivity contribution in [3.8, 4) is 39.2 Å². The van der Waals surface area contributed by atoms with Gasteiger partial charge in [-0.3, -0.25) is 0 Å². The van der Waals surface area contributed by atoms with Crippen LogP contribution >= 0.6 is 0 Å². The molecule has 260 valence electrons. The molecule has 4 heteroatoms. The number of pyridine rings is 1. The van der Waals surface area contributed by atoms with E-state index in [0.29, 0.717) is 0 Å². The molecule has 0 aliphatic carbocycles. The van der Waals surface area contributed by atoms with Gasteiger partial charge in [0.15, 0.2) is 0 Å². The van der Waals surface area contributed by atoms with Crippen LogP contribution in [-0.4, -0.2) is 9.55 Å². The number of benzene rings is 7. The molecule has 0 bridgehead atoms. The van der Waals surface area contributed by atoms with Gasteiger partial charge in [-0.1, -0.05) is 81.4 Å². The van der Waals surface area contributed by atoms with Crippen LogP contribution in [0.15, 0.2) is 162 Å². The number of hydrogen-bond acceptors (Lipinski definition) is 2. The molecule has 0 fully saturated rings. The fraction of sp³-hybridized carbons (Fsp3) is 0.0600. The van der Waals surface area contributed by atoms with Gasteiger partial charge in [-0.25, -0.2) is 11.1 Å². The minimum Gasteiger partial charge on any atom is -0.455 e. The van der Waals surface area contributed by atoms with Crippen LogP contribution < -0.4 is 0 Å². The van der Waals surface area contributed by atoms with Crippen LogP contribution in [-0.2, 0) is 20.1 Å². The van der Waals surface area contributed by atoms with Gasteiger partial charge in [0.05, 0.1) is 11.0 Å². The quantitative estimate of drug-likeness (QED) is 0.165. The minimum atomic E-state index is 0. The number of furan rings is 1. The average Bonchev–Trinajstić information content (AvgIpc) is 3.75. The van der Waals surface area contributed by atoms with Crippen molar-refractivity contribution in [3.05, 3.63) is 193 Å². The first-order valence-corrected chi connectivity index (χ1v) is 17.9. The summed E-state index contributed by atoms with van der Waals surface area (Å²) in [6.45, 7) is 6.31. The molecule has 3 aromatic heterocycles. The third kappa shape index (κ3) is 6.34. The number of nitrogens with zero attached hydrogens (tertiary/aromatic N) is 2. The maximum Gasteiger partial charge on any atom is 3.00 e. The molecule has 0 spiro atoms.